The van der Waals surface area contributed by atoms with Gasteiger partial charge in [0.2, 0.25) is 5.91 Å². The molecule has 2 unspecified atom stereocenters. The van der Waals surface area contributed by atoms with Gasteiger partial charge in [0.15, 0.2) is 0 Å². The highest BCUT2D eigenvalue weighted by molar-refractivity contribution is 5.80. The van der Waals surface area contributed by atoms with Crippen LogP contribution in [0.3, 0.4) is 0 Å². The predicted octanol–water partition coefficient (Wildman–Crippen LogP) is -0.169. The molecule has 102 valence electrons. The summed E-state index contributed by atoms with van der Waals surface area (Å²) >= 11 is 0. The van der Waals surface area contributed by atoms with Crippen LogP contribution in [-0.2, 0) is 14.3 Å². The molecule has 2 aliphatic heterocycles. The number of nitrogens with zero attached hydrogens (tertiary/aromatic N) is 1. The summed E-state index contributed by atoms with van der Waals surface area (Å²) in [6, 6.07) is -0.501. The van der Waals surface area contributed by atoms with Gasteiger partial charge < -0.3 is 15.2 Å². The molecule has 6 nitrogen and oxygen atoms in total. The first kappa shape index (κ1) is 13.3. The first-order valence-electron chi connectivity index (χ1n) is 6.52. The summed E-state index contributed by atoms with van der Waals surface area (Å²) in [4.78, 5) is 24.4. The topological polar surface area (TPSA) is 78.9 Å². The van der Waals surface area contributed by atoms with Crippen LogP contribution in [0.25, 0.3) is 0 Å². The summed E-state index contributed by atoms with van der Waals surface area (Å²) < 4.78 is 5.41. The first-order valence-corrected chi connectivity index (χ1v) is 6.52. The Morgan fingerprint density at radius 3 is 2.83 bits per heavy atom. The molecule has 2 heterocycles. The number of carbonyl (C=O) groups excluding carboxylic acids is 1. The summed E-state index contributed by atoms with van der Waals surface area (Å²) in [6.45, 7) is 2.16. The van der Waals surface area contributed by atoms with Gasteiger partial charge in [0.1, 0.15) is 6.04 Å². The smallest absolute Gasteiger partial charge is 0.320 e. The standard InChI is InChI=1S/C12H20N2O4/c15-11(13-7-9-3-2-6-18-9)8-14-5-1-4-10(14)12(16)17/h9-10H,1-8H2,(H,13,15)(H,16,17). The van der Waals surface area contributed by atoms with E-state index in [0.29, 0.717) is 19.5 Å². The van der Waals surface area contributed by atoms with Gasteiger partial charge >= 0.3 is 5.97 Å². The van der Waals surface area contributed by atoms with E-state index in [2.05, 4.69) is 5.32 Å². The molecule has 2 aliphatic rings. The van der Waals surface area contributed by atoms with Gasteiger partial charge in [-0.05, 0) is 32.2 Å². The highest BCUT2D eigenvalue weighted by Gasteiger charge is 2.31. The Morgan fingerprint density at radius 2 is 2.17 bits per heavy atom. The number of likely N-dealkylation sites (tertiary alicyclic amines) is 1. The van der Waals surface area contributed by atoms with E-state index in [-0.39, 0.29) is 18.6 Å². The van der Waals surface area contributed by atoms with E-state index in [4.69, 9.17) is 9.84 Å². The van der Waals surface area contributed by atoms with Gasteiger partial charge in [0.25, 0.3) is 0 Å². The molecule has 0 spiro atoms. The van der Waals surface area contributed by atoms with Crippen molar-refractivity contribution in [3.05, 3.63) is 0 Å². The number of amides is 1. The number of carbonyl (C=O) groups is 2. The Kier molecular flexibility index (Phi) is 4.54. The van der Waals surface area contributed by atoms with E-state index in [0.717, 1.165) is 25.9 Å². The fourth-order valence-corrected chi connectivity index (χ4v) is 2.57. The van der Waals surface area contributed by atoms with Crippen LogP contribution in [0.15, 0.2) is 0 Å². The molecule has 0 radical (unpaired) electrons. The number of hydrogen-bond donors (Lipinski definition) is 2. The molecule has 0 aromatic carbocycles. The van der Waals surface area contributed by atoms with E-state index in [1.807, 2.05) is 0 Å². The van der Waals surface area contributed by atoms with Gasteiger partial charge in [-0.25, -0.2) is 0 Å². The quantitative estimate of drug-likeness (QED) is 0.714. The second kappa shape index (κ2) is 6.15. The Morgan fingerprint density at radius 1 is 1.33 bits per heavy atom. The van der Waals surface area contributed by atoms with Crippen molar-refractivity contribution in [3.8, 4) is 0 Å². The summed E-state index contributed by atoms with van der Waals surface area (Å²) in [5, 5.41) is 11.8. The van der Waals surface area contributed by atoms with Crippen LogP contribution in [0.2, 0.25) is 0 Å². The summed E-state index contributed by atoms with van der Waals surface area (Å²) in [5.41, 5.74) is 0. The maximum Gasteiger partial charge on any atom is 0.320 e. The van der Waals surface area contributed by atoms with Gasteiger partial charge in [-0.15, -0.1) is 0 Å². The molecule has 0 bridgehead atoms. The van der Waals surface area contributed by atoms with Crippen LogP contribution in [0.1, 0.15) is 25.7 Å². The predicted molar refractivity (Wildman–Crippen MR) is 64.2 cm³/mol. The van der Waals surface area contributed by atoms with Crippen LogP contribution in [0.5, 0.6) is 0 Å². The molecule has 2 fully saturated rings. The van der Waals surface area contributed by atoms with Crippen molar-refractivity contribution in [1.29, 1.82) is 0 Å². The van der Waals surface area contributed by atoms with Crippen molar-refractivity contribution in [1.82, 2.24) is 10.2 Å². The normalized spacial score (nSPS) is 28.4. The molecule has 0 aliphatic carbocycles. The Balaban J connectivity index is 1.71. The lowest BCUT2D eigenvalue weighted by molar-refractivity contribution is -0.142. The highest BCUT2D eigenvalue weighted by atomic mass is 16.5. The minimum atomic E-state index is -0.834. The zero-order valence-electron chi connectivity index (χ0n) is 10.4. The van der Waals surface area contributed by atoms with Crippen molar-refractivity contribution in [2.75, 3.05) is 26.2 Å². The molecule has 2 N–H and O–H groups in total. The number of nitrogens with one attached hydrogen (secondary N) is 1. The van der Waals surface area contributed by atoms with E-state index in [9.17, 15) is 9.59 Å². The average Bonchev–Trinajstić information content (AvgIpc) is 2.96. The third-order valence-electron chi connectivity index (χ3n) is 3.55. The molecule has 0 saturated carbocycles. The van der Waals surface area contributed by atoms with Crippen LogP contribution >= 0.6 is 0 Å². The number of aliphatic carboxylic acids is 1. The van der Waals surface area contributed by atoms with E-state index in [1.54, 1.807) is 4.90 Å². The summed E-state index contributed by atoms with van der Waals surface area (Å²) in [5.74, 6) is -0.946. The Hall–Kier alpha value is -1.14. The molecule has 2 rings (SSSR count). The van der Waals surface area contributed by atoms with Crippen molar-refractivity contribution >= 4 is 11.9 Å². The second-order valence-electron chi connectivity index (χ2n) is 4.91. The van der Waals surface area contributed by atoms with Crippen molar-refractivity contribution < 1.29 is 19.4 Å². The van der Waals surface area contributed by atoms with Crippen molar-refractivity contribution in [2.24, 2.45) is 0 Å². The minimum absolute atomic E-state index is 0.112. The number of carboxylic acid groups (broad SMARTS) is 1. The fourth-order valence-electron chi connectivity index (χ4n) is 2.57. The van der Waals surface area contributed by atoms with Crippen LogP contribution in [0, 0.1) is 0 Å². The van der Waals surface area contributed by atoms with Crippen LogP contribution < -0.4 is 5.32 Å². The van der Waals surface area contributed by atoms with Gasteiger partial charge in [-0.3, -0.25) is 14.5 Å². The maximum absolute atomic E-state index is 11.7. The third kappa shape index (κ3) is 3.43. The lowest BCUT2D eigenvalue weighted by atomic mass is 10.2. The summed E-state index contributed by atoms with van der Waals surface area (Å²) in [7, 11) is 0. The van der Waals surface area contributed by atoms with E-state index >= 15 is 0 Å². The zero-order chi connectivity index (χ0) is 13.0. The SMILES string of the molecule is O=C(CN1CCCC1C(=O)O)NCC1CCCO1. The molecule has 1 amide bonds. The molecular weight excluding hydrogens is 236 g/mol. The first-order chi connectivity index (χ1) is 8.66. The number of carboxylic acids is 1. The monoisotopic (exact) mass is 256 g/mol. The molecule has 0 aromatic rings. The lowest BCUT2D eigenvalue weighted by Crippen LogP contribution is -2.44. The second-order valence-corrected chi connectivity index (χ2v) is 4.91. The molecule has 2 saturated heterocycles. The van der Waals surface area contributed by atoms with Crippen LogP contribution in [0.4, 0.5) is 0 Å². The average molecular weight is 256 g/mol. The van der Waals surface area contributed by atoms with E-state index in [1.165, 1.54) is 0 Å². The number of hydrogen-bond acceptors (Lipinski definition) is 4. The molecule has 6 heteroatoms. The van der Waals surface area contributed by atoms with Crippen LogP contribution in [-0.4, -0.2) is 60.3 Å². The molecular formula is C12H20N2O4. The van der Waals surface area contributed by atoms with E-state index < -0.39 is 12.0 Å². The third-order valence-corrected chi connectivity index (χ3v) is 3.55. The molecule has 2 atom stereocenters. The van der Waals surface area contributed by atoms with Crippen molar-refractivity contribution in [2.45, 2.75) is 37.8 Å². The van der Waals surface area contributed by atoms with Gasteiger partial charge in [0, 0.05) is 13.2 Å². The largest absolute Gasteiger partial charge is 0.480 e. The number of rotatable bonds is 5. The maximum atomic E-state index is 11.7. The fraction of sp³-hybridized carbons (Fsp3) is 0.833. The highest BCUT2D eigenvalue weighted by Crippen LogP contribution is 2.16. The van der Waals surface area contributed by atoms with Gasteiger partial charge in [-0.2, -0.15) is 0 Å². The van der Waals surface area contributed by atoms with Gasteiger partial charge in [-0.1, -0.05) is 0 Å². The van der Waals surface area contributed by atoms with Gasteiger partial charge in [0.05, 0.1) is 12.6 Å². The summed E-state index contributed by atoms with van der Waals surface area (Å²) in [6.07, 6.45) is 3.64. The Bertz CT molecular complexity index is 315. The Labute approximate surface area is 106 Å². The molecule has 18 heavy (non-hydrogen) atoms. The molecule has 0 aromatic heterocycles. The minimum Gasteiger partial charge on any atom is -0.480 e. The number of ether oxygens (including phenoxy) is 1. The lowest BCUT2D eigenvalue weighted by Gasteiger charge is -2.20. The van der Waals surface area contributed by atoms with Crippen molar-refractivity contribution in [3.63, 3.8) is 0 Å². The zero-order valence-corrected chi connectivity index (χ0v) is 10.4.